The Hall–Kier alpha value is -0.710. The van der Waals surface area contributed by atoms with Crippen molar-refractivity contribution < 1.29 is 18.4 Å². The van der Waals surface area contributed by atoms with Crippen LogP contribution >= 0.6 is 11.6 Å². The Morgan fingerprint density at radius 1 is 1.62 bits per heavy atom. The summed E-state index contributed by atoms with van der Waals surface area (Å²) in [4.78, 5) is 22.2. The van der Waals surface area contributed by atoms with E-state index in [1.807, 2.05) is 0 Å². The molecule has 74 valence electrons. The van der Waals surface area contributed by atoms with E-state index in [2.05, 4.69) is 11.6 Å². The average molecular weight is 212 g/mol. The molecule has 0 radical (unpaired) electrons. The molecule has 1 rings (SSSR count). The number of imide groups is 1. The van der Waals surface area contributed by atoms with Crippen molar-refractivity contribution >= 4 is 23.4 Å². The van der Waals surface area contributed by atoms with E-state index < -0.39 is 22.7 Å². The molecule has 1 saturated heterocycles. The molecular weight excluding hydrogens is 204 g/mol. The number of hydrogen-bond acceptors (Lipinski definition) is 2. The van der Waals surface area contributed by atoms with Gasteiger partial charge in [0.1, 0.15) is 0 Å². The topological polar surface area (TPSA) is 37.4 Å². The molecule has 0 N–H and O–H groups in total. The van der Waals surface area contributed by atoms with Gasteiger partial charge in [-0.1, -0.05) is 0 Å². The van der Waals surface area contributed by atoms with Gasteiger partial charge in [0, 0.05) is 0 Å². The van der Waals surface area contributed by atoms with E-state index in [1.54, 1.807) is 0 Å². The first-order valence-corrected chi connectivity index (χ1v) is 3.98. The summed E-state index contributed by atoms with van der Waals surface area (Å²) in [6.45, 7) is 3.05. The third-order valence-electron chi connectivity index (χ3n) is 1.88. The second-order valence-electron chi connectivity index (χ2n) is 3.52. The monoisotopic (exact) mass is 211 g/mol. The fourth-order valence-corrected chi connectivity index (χ4v) is 1.37. The molecule has 0 bridgehead atoms. The van der Waals surface area contributed by atoms with Crippen molar-refractivity contribution in [2.75, 3.05) is 0 Å². The molecule has 0 spiro atoms. The fraction of sp³-hybridized carbons (Fsp3) is 0.714. The number of nitrogens with zero attached hydrogens (tertiary/aromatic N) is 1. The van der Waals surface area contributed by atoms with Crippen LogP contribution < -0.4 is 0 Å². The minimum absolute atomic E-state index is 0.0890. The zero-order valence-corrected chi connectivity index (χ0v) is 7.86. The SMILES string of the molecule is CC1(C)CC(=O)N1C(=O)C(F)(F)Cl. The Morgan fingerprint density at radius 3 is 2.23 bits per heavy atom. The minimum atomic E-state index is -3.99. The van der Waals surface area contributed by atoms with Gasteiger partial charge >= 0.3 is 11.3 Å². The van der Waals surface area contributed by atoms with Gasteiger partial charge in [0.25, 0.3) is 0 Å². The van der Waals surface area contributed by atoms with E-state index in [-0.39, 0.29) is 6.42 Å². The number of hydrogen-bond donors (Lipinski definition) is 0. The summed E-state index contributed by atoms with van der Waals surface area (Å²) in [5.74, 6) is -2.26. The highest BCUT2D eigenvalue weighted by atomic mass is 35.5. The number of carbonyl (C=O) groups excluding carboxylic acids is 2. The molecule has 0 aromatic carbocycles. The first-order chi connectivity index (χ1) is 5.66. The second kappa shape index (κ2) is 2.64. The molecule has 1 heterocycles. The van der Waals surface area contributed by atoms with E-state index in [1.165, 1.54) is 13.8 Å². The van der Waals surface area contributed by atoms with Gasteiger partial charge in [-0.2, -0.15) is 8.78 Å². The Kier molecular flexibility index (Phi) is 2.10. The van der Waals surface area contributed by atoms with E-state index >= 15 is 0 Å². The van der Waals surface area contributed by atoms with Crippen molar-refractivity contribution in [1.29, 1.82) is 0 Å². The summed E-state index contributed by atoms with van der Waals surface area (Å²) >= 11 is 4.51. The number of carbonyl (C=O) groups is 2. The van der Waals surface area contributed by atoms with Gasteiger partial charge in [-0.25, -0.2) is 0 Å². The number of amides is 2. The second-order valence-corrected chi connectivity index (χ2v) is 4.00. The highest BCUT2D eigenvalue weighted by molar-refractivity contribution is 6.33. The molecule has 2 amide bonds. The highest BCUT2D eigenvalue weighted by Crippen LogP contribution is 2.35. The summed E-state index contributed by atoms with van der Waals surface area (Å²) in [7, 11) is 0. The Bertz CT molecular complexity index is 272. The molecule has 0 aromatic heterocycles. The third-order valence-corrected chi connectivity index (χ3v) is 2.05. The maximum absolute atomic E-state index is 12.3. The molecule has 3 nitrogen and oxygen atoms in total. The van der Waals surface area contributed by atoms with Crippen LogP contribution in [0.1, 0.15) is 20.3 Å². The van der Waals surface area contributed by atoms with Crippen LogP contribution in [0.15, 0.2) is 0 Å². The average Bonchev–Trinajstić information content (AvgIpc) is 1.82. The summed E-state index contributed by atoms with van der Waals surface area (Å²) < 4.78 is 24.7. The molecule has 6 heteroatoms. The lowest BCUT2D eigenvalue weighted by molar-refractivity contribution is -0.174. The number of likely N-dealkylation sites (tertiary alicyclic amines) is 1. The molecule has 0 aromatic rings. The molecule has 0 saturated carbocycles. The molecule has 13 heavy (non-hydrogen) atoms. The lowest BCUT2D eigenvalue weighted by Crippen LogP contribution is -2.65. The van der Waals surface area contributed by atoms with Gasteiger partial charge in [0.15, 0.2) is 0 Å². The van der Waals surface area contributed by atoms with Crippen LogP contribution in [0.5, 0.6) is 0 Å². The molecule has 1 aliphatic heterocycles. The van der Waals surface area contributed by atoms with Gasteiger partial charge in [-0.05, 0) is 25.4 Å². The van der Waals surface area contributed by atoms with Crippen molar-refractivity contribution in [1.82, 2.24) is 4.90 Å². The van der Waals surface area contributed by atoms with Crippen molar-refractivity contribution in [3.8, 4) is 0 Å². The van der Waals surface area contributed by atoms with E-state index in [9.17, 15) is 18.4 Å². The molecular formula is C7H8ClF2NO2. The van der Waals surface area contributed by atoms with Crippen LogP contribution in [0.3, 0.4) is 0 Å². The standard InChI is InChI=1S/C7H8ClF2NO2/c1-6(2)3-4(12)11(6)5(13)7(8,9)10/h3H2,1-2H3. The van der Waals surface area contributed by atoms with Crippen molar-refractivity contribution in [2.45, 2.75) is 31.2 Å². The first kappa shape index (κ1) is 10.4. The van der Waals surface area contributed by atoms with Gasteiger partial charge in [-0.15, -0.1) is 0 Å². The molecule has 0 aliphatic carbocycles. The maximum atomic E-state index is 12.3. The van der Waals surface area contributed by atoms with Crippen molar-refractivity contribution in [3.05, 3.63) is 0 Å². The Morgan fingerprint density at radius 2 is 2.08 bits per heavy atom. The quantitative estimate of drug-likeness (QED) is 0.485. The molecule has 1 aliphatic rings. The number of rotatable bonds is 1. The maximum Gasteiger partial charge on any atom is 0.400 e. The van der Waals surface area contributed by atoms with Crippen LogP contribution in [0.4, 0.5) is 8.78 Å². The normalized spacial score (nSPS) is 21.3. The number of halogens is 3. The highest BCUT2D eigenvalue weighted by Gasteiger charge is 2.54. The summed E-state index contributed by atoms with van der Waals surface area (Å²) in [5, 5.41) is -3.99. The lowest BCUT2D eigenvalue weighted by atomic mass is 9.88. The summed E-state index contributed by atoms with van der Waals surface area (Å²) in [6, 6.07) is 0. The zero-order chi connectivity index (χ0) is 10.4. The van der Waals surface area contributed by atoms with Crippen molar-refractivity contribution in [3.63, 3.8) is 0 Å². The van der Waals surface area contributed by atoms with E-state index in [0.29, 0.717) is 4.90 Å². The largest absolute Gasteiger partial charge is 0.400 e. The number of β-lactam (4-membered cyclic amide) rings is 1. The minimum Gasteiger partial charge on any atom is -0.274 e. The van der Waals surface area contributed by atoms with Crippen LogP contribution in [0.25, 0.3) is 0 Å². The predicted molar refractivity (Wildman–Crippen MR) is 41.3 cm³/mol. The first-order valence-electron chi connectivity index (χ1n) is 3.60. The van der Waals surface area contributed by atoms with Crippen LogP contribution in [-0.2, 0) is 9.59 Å². The van der Waals surface area contributed by atoms with E-state index in [4.69, 9.17) is 0 Å². The van der Waals surface area contributed by atoms with Crippen LogP contribution in [0, 0.1) is 0 Å². The fourth-order valence-electron chi connectivity index (χ4n) is 1.29. The predicted octanol–water partition coefficient (Wildman–Crippen LogP) is 1.36. The zero-order valence-electron chi connectivity index (χ0n) is 7.10. The number of alkyl halides is 3. The van der Waals surface area contributed by atoms with Gasteiger partial charge in [0.2, 0.25) is 5.91 Å². The van der Waals surface area contributed by atoms with Gasteiger partial charge in [0.05, 0.1) is 12.0 Å². The molecule has 0 atom stereocenters. The van der Waals surface area contributed by atoms with E-state index in [0.717, 1.165) is 0 Å². The molecule has 1 fully saturated rings. The van der Waals surface area contributed by atoms with Crippen molar-refractivity contribution in [2.24, 2.45) is 0 Å². The smallest absolute Gasteiger partial charge is 0.274 e. The summed E-state index contributed by atoms with van der Waals surface area (Å²) in [6.07, 6.45) is 0.0890. The third kappa shape index (κ3) is 1.65. The lowest BCUT2D eigenvalue weighted by Gasteiger charge is -2.46. The molecule has 0 unspecified atom stereocenters. The van der Waals surface area contributed by atoms with Crippen LogP contribution in [0.2, 0.25) is 0 Å². The van der Waals surface area contributed by atoms with Gasteiger partial charge in [-0.3, -0.25) is 14.5 Å². The van der Waals surface area contributed by atoms with Gasteiger partial charge < -0.3 is 0 Å². The summed E-state index contributed by atoms with van der Waals surface area (Å²) in [5.41, 5.74) is -0.841. The van der Waals surface area contributed by atoms with Crippen LogP contribution in [-0.4, -0.2) is 27.6 Å². The Labute approximate surface area is 78.6 Å². The Balaban J connectivity index is 2.84.